The van der Waals surface area contributed by atoms with Crippen molar-refractivity contribution in [1.82, 2.24) is 10.8 Å². The highest BCUT2D eigenvalue weighted by Crippen LogP contribution is 2.48. The Morgan fingerprint density at radius 2 is 2.00 bits per heavy atom. The van der Waals surface area contributed by atoms with E-state index in [4.69, 9.17) is 20.4 Å². The number of unbranched alkanes of at least 4 members (excludes halogenated alkanes) is 1. The summed E-state index contributed by atoms with van der Waals surface area (Å²) in [6.45, 7) is 14.3. The van der Waals surface area contributed by atoms with Crippen molar-refractivity contribution in [3.63, 3.8) is 0 Å². The minimum Gasteiger partial charge on any atom is -0.503 e. The largest absolute Gasteiger partial charge is 0.503 e. The number of primary amides is 1. The number of amides is 2. The lowest BCUT2D eigenvalue weighted by Crippen LogP contribution is -2.41. The van der Waals surface area contributed by atoms with Gasteiger partial charge in [0.05, 0.1) is 24.4 Å². The lowest BCUT2D eigenvalue weighted by atomic mass is 9.62. The maximum absolute atomic E-state index is 12.1. The smallest absolute Gasteiger partial charge is 0.264 e. The first-order chi connectivity index (χ1) is 22.2. The molecule has 3 rings (SSSR count). The van der Waals surface area contributed by atoms with Gasteiger partial charge in [-0.3, -0.25) is 14.8 Å². The molecule has 0 fully saturated rings. The Bertz CT molecular complexity index is 1400. The Balaban J connectivity index is 0.000000984. The molecule has 2 aliphatic rings. The van der Waals surface area contributed by atoms with Crippen LogP contribution >= 0.6 is 0 Å². The average Bonchev–Trinajstić information content (AvgIpc) is 3.65. The Morgan fingerprint density at radius 3 is 2.51 bits per heavy atom. The fourth-order valence-corrected chi connectivity index (χ4v) is 5.95. The molecule has 0 saturated heterocycles. The van der Waals surface area contributed by atoms with Crippen LogP contribution in [-0.4, -0.2) is 49.7 Å². The molecule has 11 heteroatoms. The van der Waals surface area contributed by atoms with Gasteiger partial charge in [-0.05, 0) is 79.3 Å². The van der Waals surface area contributed by atoms with Crippen molar-refractivity contribution in [2.24, 2.45) is 17.1 Å². The van der Waals surface area contributed by atoms with Gasteiger partial charge in [0.15, 0.2) is 0 Å². The minimum atomic E-state index is -1.10. The third-order valence-corrected chi connectivity index (χ3v) is 8.26. The fraction of sp³-hybridized carbons (Fsp3) is 0.556. The van der Waals surface area contributed by atoms with E-state index in [1.807, 2.05) is 46.0 Å². The Kier molecular flexibility index (Phi) is 15.0. The van der Waals surface area contributed by atoms with Crippen molar-refractivity contribution in [2.45, 2.75) is 111 Å². The summed E-state index contributed by atoms with van der Waals surface area (Å²) in [4.78, 5) is 33.2. The van der Waals surface area contributed by atoms with Crippen LogP contribution in [-0.2, 0) is 42.1 Å². The van der Waals surface area contributed by atoms with E-state index in [2.05, 4.69) is 45.2 Å². The second kappa shape index (κ2) is 17.9. The van der Waals surface area contributed by atoms with Gasteiger partial charge in [-0.2, -0.15) is 5.26 Å². The van der Waals surface area contributed by atoms with Gasteiger partial charge in [-0.15, -0.1) is 0 Å². The van der Waals surface area contributed by atoms with Crippen molar-refractivity contribution in [2.75, 3.05) is 7.05 Å². The van der Waals surface area contributed by atoms with Gasteiger partial charge in [-0.1, -0.05) is 66.2 Å². The molecule has 1 heterocycles. The predicted molar refractivity (Wildman–Crippen MR) is 183 cm³/mol. The molecule has 0 spiro atoms. The molecule has 1 aliphatic carbocycles. The normalized spacial score (nSPS) is 19.9. The van der Waals surface area contributed by atoms with Crippen molar-refractivity contribution in [3.05, 3.63) is 69.8 Å². The highest BCUT2D eigenvalue weighted by atomic mass is 16.5. The molecule has 1 aromatic carbocycles. The summed E-state index contributed by atoms with van der Waals surface area (Å²) in [5, 5.41) is 23.4. The number of nitrogens with two attached hydrogens (primary N) is 1. The molecule has 0 saturated carbocycles. The predicted octanol–water partition coefficient (Wildman–Crippen LogP) is 5.06. The number of nitrogens with one attached hydrogen (secondary N) is 2. The number of carbonyl (C=O) groups excluding carboxylic acids is 3. The Labute approximate surface area is 281 Å². The van der Waals surface area contributed by atoms with Crippen molar-refractivity contribution in [1.29, 1.82) is 5.26 Å². The second-order valence-electron chi connectivity index (χ2n) is 13.6. The van der Waals surface area contributed by atoms with Crippen LogP contribution in [0.25, 0.3) is 0 Å². The molecule has 5 N–H and O–H groups in total. The van der Waals surface area contributed by atoms with E-state index in [0.717, 1.165) is 41.6 Å². The van der Waals surface area contributed by atoms with E-state index in [0.29, 0.717) is 49.4 Å². The molecule has 1 aliphatic heterocycles. The number of rotatable bonds is 14. The first-order valence-corrected chi connectivity index (χ1v) is 16.4. The maximum Gasteiger partial charge on any atom is 0.264 e. The van der Waals surface area contributed by atoms with Gasteiger partial charge < -0.3 is 25.3 Å². The van der Waals surface area contributed by atoms with Crippen molar-refractivity contribution < 1.29 is 29.1 Å². The highest BCUT2D eigenvalue weighted by Gasteiger charge is 2.47. The maximum atomic E-state index is 12.1. The van der Waals surface area contributed by atoms with Gasteiger partial charge >= 0.3 is 0 Å². The Hall–Kier alpha value is -3.88. The van der Waals surface area contributed by atoms with E-state index >= 15 is 0 Å². The highest BCUT2D eigenvalue weighted by molar-refractivity contribution is 6.56. The minimum absolute atomic E-state index is 0.139. The zero-order valence-electron chi connectivity index (χ0n) is 29.2. The summed E-state index contributed by atoms with van der Waals surface area (Å²) >= 11 is 0. The standard InChI is InChI=1S/C31H41BN3O5.C5H11NO/c1-7-8-11-25(26(34-6)30(3,4)5)40-27(20(2)28-32-24(18-39-28)29(37)35-38)31(19-33)15-14-22-13-12-21(10-9-16-36)17-23(22)31;1-4(2)3-5(6)7/h11-13,16-18,26,28,34,38H,7-10,14-15H2,1-6H3,(H,35,37);4H,3H2,1-2H3,(H2,6,7)/b25-11+,27-20+;. The summed E-state index contributed by atoms with van der Waals surface area (Å²) in [5.74, 6) is 0.719. The fourth-order valence-electron chi connectivity index (χ4n) is 5.95. The van der Waals surface area contributed by atoms with Crippen LogP contribution in [0.2, 0.25) is 0 Å². The average molecular weight is 648 g/mol. The number of aryl methyl sites for hydroxylation is 2. The molecule has 3 atom stereocenters. The summed E-state index contributed by atoms with van der Waals surface area (Å²) in [5.41, 5.74) is 8.98. The lowest BCUT2D eigenvalue weighted by Gasteiger charge is -2.36. The number of allylic oxidation sites excluding steroid dienone is 2. The molecule has 0 aromatic heterocycles. The number of ether oxygens (including phenoxy) is 2. The molecule has 1 radical (unpaired) electrons. The summed E-state index contributed by atoms with van der Waals surface area (Å²) < 4.78 is 12.8. The number of fused-ring (bicyclic) bond motifs is 1. The van der Waals surface area contributed by atoms with E-state index in [9.17, 15) is 19.6 Å². The second-order valence-corrected chi connectivity index (χ2v) is 13.6. The van der Waals surface area contributed by atoms with Crippen LogP contribution in [0.3, 0.4) is 0 Å². The molecule has 10 nitrogen and oxygen atoms in total. The third-order valence-electron chi connectivity index (χ3n) is 8.26. The zero-order chi connectivity index (χ0) is 35.4. The zero-order valence-corrected chi connectivity index (χ0v) is 29.2. The van der Waals surface area contributed by atoms with Gasteiger partial charge in [0.2, 0.25) is 13.2 Å². The first-order valence-electron chi connectivity index (χ1n) is 16.4. The van der Waals surface area contributed by atoms with Gasteiger partial charge in [0, 0.05) is 18.3 Å². The molecular weight excluding hydrogens is 595 g/mol. The molecule has 3 unspecified atom stereocenters. The SMILES string of the molecule is CC(C)CC(N)=O.CCC/C=C(/O/C(=C(\C)C1[B]C(C(=O)NO)=CO1)C1(C#N)CCc2ccc(CCC=O)cc21)C(NC)C(C)(C)C. The molecule has 2 amide bonds. The van der Waals surface area contributed by atoms with Crippen molar-refractivity contribution >= 4 is 25.4 Å². The van der Waals surface area contributed by atoms with Gasteiger partial charge in [-0.25, -0.2) is 5.48 Å². The molecule has 47 heavy (non-hydrogen) atoms. The number of benzene rings is 1. The Morgan fingerprint density at radius 1 is 1.30 bits per heavy atom. The van der Waals surface area contributed by atoms with E-state index in [1.54, 1.807) is 12.8 Å². The number of nitrogens with zero attached hydrogens (tertiary/aromatic N) is 1. The number of hydrogen-bond acceptors (Lipinski definition) is 8. The van der Waals surface area contributed by atoms with Crippen LogP contribution in [0, 0.1) is 22.7 Å². The molecule has 0 bridgehead atoms. The van der Waals surface area contributed by atoms with Crippen LogP contribution in [0.4, 0.5) is 0 Å². The van der Waals surface area contributed by atoms with E-state index < -0.39 is 17.3 Å². The van der Waals surface area contributed by atoms with E-state index in [-0.39, 0.29) is 22.8 Å². The molecule has 1 aromatic rings. The number of hydroxylamine groups is 1. The van der Waals surface area contributed by atoms with Crippen LogP contribution < -0.4 is 16.5 Å². The molecule has 255 valence electrons. The number of likely N-dealkylation sites (N-methyl/N-ethyl adjacent to an activating group) is 1. The van der Waals surface area contributed by atoms with Crippen LogP contribution in [0.1, 0.15) is 97.3 Å². The first kappa shape index (κ1) is 39.3. The van der Waals surface area contributed by atoms with E-state index in [1.165, 1.54) is 6.26 Å². The topological polar surface area (TPSA) is 164 Å². The van der Waals surface area contributed by atoms with Crippen LogP contribution in [0.15, 0.2) is 53.1 Å². The molecular formula is C36H52BN4O6. The van der Waals surface area contributed by atoms with Crippen molar-refractivity contribution in [3.8, 4) is 6.07 Å². The number of aldehydes is 1. The number of carbonyl (C=O) groups is 3. The van der Waals surface area contributed by atoms with Gasteiger partial charge in [0.25, 0.3) is 5.91 Å². The quantitative estimate of drug-likeness (QED) is 0.0716. The van der Waals surface area contributed by atoms with Crippen LogP contribution in [0.5, 0.6) is 0 Å². The summed E-state index contributed by atoms with van der Waals surface area (Å²) in [7, 11) is 3.51. The summed E-state index contributed by atoms with van der Waals surface area (Å²) in [6.07, 6.45) is 8.74. The lowest BCUT2D eigenvalue weighted by molar-refractivity contribution is -0.124. The summed E-state index contributed by atoms with van der Waals surface area (Å²) in [6, 6.07) is 7.91. The third kappa shape index (κ3) is 10.3. The number of nitriles is 1. The number of hydrogen-bond donors (Lipinski definition) is 4. The monoisotopic (exact) mass is 647 g/mol. The van der Waals surface area contributed by atoms with Gasteiger partial charge in [0.1, 0.15) is 23.2 Å².